The maximum Gasteiger partial charge on any atom is 0.343 e. The number of anilines is 1. The van der Waals surface area contributed by atoms with Crippen LogP contribution in [-0.4, -0.2) is 14.4 Å². The van der Waals surface area contributed by atoms with E-state index in [-0.39, 0.29) is 4.90 Å². The van der Waals surface area contributed by atoms with E-state index in [1.165, 1.54) is 24.3 Å². The summed E-state index contributed by atoms with van der Waals surface area (Å²) in [4.78, 5) is 12.3. The molecule has 0 radical (unpaired) electrons. The van der Waals surface area contributed by atoms with Gasteiger partial charge in [-0.25, -0.2) is 13.2 Å². The summed E-state index contributed by atoms with van der Waals surface area (Å²) in [5, 5.41) is 0.525. The average molecular weight is 416 g/mol. The highest BCUT2D eigenvalue weighted by Gasteiger charge is 2.17. The van der Waals surface area contributed by atoms with Crippen LogP contribution in [0.1, 0.15) is 21.5 Å². The zero-order chi connectivity index (χ0) is 20.3. The first kappa shape index (κ1) is 19.9. The zero-order valence-corrected chi connectivity index (χ0v) is 16.8. The second-order valence-corrected chi connectivity index (χ2v) is 8.38. The van der Waals surface area contributed by atoms with Gasteiger partial charge in [0, 0.05) is 10.7 Å². The minimum absolute atomic E-state index is 0.228. The third-order valence-corrected chi connectivity index (χ3v) is 5.81. The van der Waals surface area contributed by atoms with E-state index in [4.69, 9.17) is 16.3 Å². The lowest BCUT2D eigenvalue weighted by Gasteiger charge is -2.12. The maximum absolute atomic E-state index is 12.6. The highest BCUT2D eigenvalue weighted by atomic mass is 35.5. The van der Waals surface area contributed by atoms with E-state index >= 15 is 0 Å². The van der Waals surface area contributed by atoms with Crippen molar-refractivity contribution < 1.29 is 17.9 Å². The molecule has 0 spiro atoms. The highest BCUT2D eigenvalue weighted by Crippen LogP contribution is 2.23. The highest BCUT2D eigenvalue weighted by molar-refractivity contribution is 7.92. The van der Waals surface area contributed by atoms with Crippen molar-refractivity contribution in [2.45, 2.75) is 18.7 Å². The summed E-state index contributed by atoms with van der Waals surface area (Å²) in [6, 6.07) is 17.7. The number of benzene rings is 3. The molecule has 0 heterocycles. The van der Waals surface area contributed by atoms with Gasteiger partial charge >= 0.3 is 5.97 Å². The molecule has 1 N–H and O–H groups in total. The van der Waals surface area contributed by atoms with Crippen molar-refractivity contribution in [3.05, 3.63) is 88.4 Å². The van der Waals surface area contributed by atoms with Gasteiger partial charge in [0.2, 0.25) is 0 Å². The molecule has 0 saturated carbocycles. The molecule has 144 valence electrons. The molecule has 0 aromatic heterocycles. The summed E-state index contributed by atoms with van der Waals surface area (Å²) in [5.41, 5.74) is 2.25. The normalized spacial score (nSPS) is 11.1. The number of sulfonamides is 1. The van der Waals surface area contributed by atoms with E-state index in [0.29, 0.717) is 27.6 Å². The number of hydrogen-bond acceptors (Lipinski definition) is 4. The van der Waals surface area contributed by atoms with Crippen LogP contribution in [0.2, 0.25) is 5.02 Å². The van der Waals surface area contributed by atoms with Gasteiger partial charge in [0.1, 0.15) is 5.75 Å². The number of nitrogens with one attached hydrogen (secondary N) is 1. The van der Waals surface area contributed by atoms with Crippen molar-refractivity contribution in [3.8, 4) is 5.75 Å². The number of carbonyl (C=O) groups is 1. The summed E-state index contributed by atoms with van der Waals surface area (Å²) in [5.74, 6) is -0.227. The van der Waals surface area contributed by atoms with E-state index < -0.39 is 16.0 Å². The number of aryl methyl sites for hydroxylation is 2. The van der Waals surface area contributed by atoms with Gasteiger partial charge in [-0.1, -0.05) is 23.7 Å². The quantitative estimate of drug-likeness (QED) is 0.471. The van der Waals surface area contributed by atoms with Crippen molar-refractivity contribution in [2.75, 3.05) is 4.72 Å². The van der Waals surface area contributed by atoms with E-state index in [2.05, 4.69) is 4.72 Å². The van der Waals surface area contributed by atoms with Crippen LogP contribution in [0.5, 0.6) is 5.75 Å². The molecule has 3 aromatic rings. The van der Waals surface area contributed by atoms with E-state index in [9.17, 15) is 13.2 Å². The SMILES string of the molecule is Cc1ccc(C)c(S(=O)(=O)Nc2ccc(OC(=O)c3ccc(Cl)cc3)cc2)c1. The fraction of sp³-hybridized carbons (Fsp3) is 0.0952. The molecule has 0 atom stereocenters. The number of carbonyl (C=O) groups excluding carboxylic acids is 1. The number of esters is 1. The number of hydrogen-bond donors (Lipinski definition) is 1. The molecule has 0 saturated heterocycles. The largest absolute Gasteiger partial charge is 0.423 e. The molecule has 28 heavy (non-hydrogen) atoms. The van der Waals surface area contributed by atoms with Crippen molar-refractivity contribution in [3.63, 3.8) is 0 Å². The Balaban J connectivity index is 1.73. The van der Waals surface area contributed by atoms with Crippen LogP contribution in [-0.2, 0) is 10.0 Å². The molecule has 0 aliphatic carbocycles. The van der Waals surface area contributed by atoms with Crippen LogP contribution in [0.15, 0.2) is 71.6 Å². The van der Waals surface area contributed by atoms with Gasteiger partial charge in [-0.2, -0.15) is 0 Å². The Morgan fingerprint density at radius 2 is 1.57 bits per heavy atom. The Morgan fingerprint density at radius 3 is 2.21 bits per heavy atom. The van der Waals surface area contributed by atoms with Gasteiger partial charge in [-0.3, -0.25) is 4.72 Å². The minimum Gasteiger partial charge on any atom is -0.423 e. The topological polar surface area (TPSA) is 72.5 Å². The van der Waals surface area contributed by atoms with E-state index in [1.807, 2.05) is 13.0 Å². The lowest BCUT2D eigenvalue weighted by molar-refractivity contribution is 0.0735. The predicted molar refractivity (Wildman–Crippen MR) is 110 cm³/mol. The monoisotopic (exact) mass is 415 g/mol. The van der Waals surface area contributed by atoms with Crippen LogP contribution in [0, 0.1) is 13.8 Å². The predicted octanol–water partition coefficient (Wildman–Crippen LogP) is 4.98. The average Bonchev–Trinajstić information content (AvgIpc) is 2.65. The lowest BCUT2D eigenvalue weighted by atomic mass is 10.2. The standard InChI is InChI=1S/C21H18ClNO4S/c1-14-3-4-15(2)20(13-14)28(25,26)23-18-9-11-19(12-10-18)27-21(24)16-5-7-17(22)8-6-16/h3-13,23H,1-2H3. The summed E-state index contributed by atoms with van der Waals surface area (Å²) in [6.45, 7) is 3.58. The Labute approximate surface area is 169 Å². The molecule has 5 nitrogen and oxygen atoms in total. The van der Waals surface area contributed by atoms with Crippen LogP contribution < -0.4 is 9.46 Å². The Kier molecular flexibility index (Phi) is 5.72. The number of rotatable bonds is 5. The first-order valence-electron chi connectivity index (χ1n) is 8.42. The van der Waals surface area contributed by atoms with Gasteiger partial charge in [0.05, 0.1) is 10.5 Å². The minimum atomic E-state index is -3.72. The molecule has 7 heteroatoms. The van der Waals surface area contributed by atoms with Crippen molar-refractivity contribution in [1.29, 1.82) is 0 Å². The summed E-state index contributed by atoms with van der Waals surface area (Å²) in [7, 11) is -3.72. The molecule has 3 rings (SSSR count). The lowest BCUT2D eigenvalue weighted by Crippen LogP contribution is -2.14. The Bertz CT molecular complexity index is 1110. The van der Waals surface area contributed by atoms with Gasteiger partial charge in [-0.05, 0) is 79.6 Å². The van der Waals surface area contributed by atoms with Crippen LogP contribution in [0.4, 0.5) is 5.69 Å². The fourth-order valence-corrected chi connectivity index (χ4v) is 4.07. The molecule has 0 aliphatic rings. The smallest absolute Gasteiger partial charge is 0.343 e. The van der Waals surface area contributed by atoms with Crippen LogP contribution in [0.3, 0.4) is 0 Å². The van der Waals surface area contributed by atoms with Crippen molar-refractivity contribution in [1.82, 2.24) is 0 Å². The Morgan fingerprint density at radius 1 is 0.929 bits per heavy atom. The van der Waals surface area contributed by atoms with Crippen LogP contribution in [0.25, 0.3) is 0 Å². The van der Waals surface area contributed by atoms with Gasteiger partial charge in [0.25, 0.3) is 10.0 Å². The molecule has 0 amide bonds. The second kappa shape index (κ2) is 8.04. The Hall–Kier alpha value is -2.83. The van der Waals surface area contributed by atoms with Crippen molar-refractivity contribution in [2.24, 2.45) is 0 Å². The third kappa shape index (κ3) is 4.71. The van der Waals surface area contributed by atoms with Gasteiger partial charge in [0.15, 0.2) is 0 Å². The zero-order valence-electron chi connectivity index (χ0n) is 15.3. The molecular weight excluding hydrogens is 398 g/mol. The molecule has 0 fully saturated rings. The van der Waals surface area contributed by atoms with Gasteiger partial charge in [-0.15, -0.1) is 0 Å². The van der Waals surface area contributed by atoms with E-state index in [1.54, 1.807) is 43.3 Å². The van der Waals surface area contributed by atoms with Crippen LogP contribution >= 0.6 is 11.6 Å². The van der Waals surface area contributed by atoms with Gasteiger partial charge < -0.3 is 4.74 Å². The first-order valence-corrected chi connectivity index (χ1v) is 10.3. The van der Waals surface area contributed by atoms with Crippen molar-refractivity contribution >= 4 is 33.3 Å². The molecule has 0 unspecified atom stereocenters. The summed E-state index contributed by atoms with van der Waals surface area (Å²) < 4.78 is 33.1. The fourth-order valence-electron chi connectivity index (χ4n) is 2.55. The first-order chi connectivity index (χ1) is 13.2. The molecule has 3 aromatic carbocycles. The maximum atomic E-state index is 12.6. The molecular formula is C21H18ClNO4S. The molecule has 0 bridgehead atoms. The number of halogens is 1. The number of ether oxygens (including phenoxy) is 1. The third-order valence-electron chi connectivity index (χ3n) is 4.03. The van der Waals surface area contributed by atoms with E-state index in [0.717, 1.165) is 5.56 Å². The molecule has 0 aliphatic heterocycles. The summed E-state index contributed by atoms with van der Waals surface area (Å²) in [6.07, 6.45) is 0. The second-order valence-electron chi connectivity index (χ2n) is 6.30. The summed E-state index contributed by atoms with van der Waals surface area (Å²) >= 11 is 5.80.